The summed E-state index contributed by atoms with van der Waals surface area (Å²) in [6, 6.07) is 0.811. The van der Waals surface area contributed by atoms with Gasteiger partial charge in [-0.2, -0.15) is 0 Å². The lowest BCUT2D eigenvalue weighted by molar-refractivity contribution is 0.154. The maximum atomic E-state index is 3.71. The Kier molecular flexibility index (Phi) is 6.19. The number of rotatable bonds is 4. The first-order valence-corrected chi connectivity index (χ1v) is 8.89. The van der Waals surface area contributed by atoms with E-state index in [0.29, 0.717) is 0 Å². The Morgan fingerprint density at radius 3 is 1.63 bits per heavy atom. The molecule has 2 saturated carbocycles. The minimum Gasteiger partial charge on any atom is -0.316 e. The Labute approximate surface area is 120 Å². The van der Waals surface area contributed by atoms with Gasteiger partial charge in [-0.15, -0.1) is 0 Å². The first kappa shape index (κ1) is 15.4. The second-order valence-electron chi connectivity index (χ2n) is 7.48. The van der Waals surface area contributed by atoms with Crippen LogP contribution in [0.3, 0.4) is 0 Å². The van der Waals surface area contributed by atoms with Crippen molar-refractivity contribution in [2.75, 3.05) is 7.05 Å². The summed E-state index contributed by atoms with van der Waals surface area (Å²) in [6.07, 6.45) is 14.8. The topological polar surface area (TPSA) is 12.0 Å². The van der Waals surface area contributed by atoms with Crippen LogP contribution in [0.5, 0.6) is 0 Å². The largest absolute Gasteiger partial charge is 0.316 e. The summed E-state index contributed by atoms with van der Waals surface area (Å²) in [4.78, 5) is 0. The van der Waals surface area contributed by atoms with Gasteiger partial charge in [0.15, 0.2) is 0 Å². The number of nitrogens with one attached hydrogen (secondary N) is 1. The molecule has 0 saturated heterocycles. The van der Waals surface area contributed by atoms with Crippen molar-refractivity contribution in [3.05, 3.63) is 0 Å². The van der Waals surface area contributed by atoms with Crippen LogP contribution in [-0.4, -0.2) is 13.1 Å². The lowest BCUT2D eigenvalue weighted by atomic mass is 9.71. The second kappa shape index (κ2) is 7.67. The molecule has 1 nitrogen and oxygen atoms in total. The van der Waals surface area contributed by atoms with Crippen LogP contribution in [0, 0.1) is 23.7 Å². The molecule has 112 valence electrons. The van der Waals surface area contributed by atoms with Crippen LogP contribution in [0.1, 0.15) is 78.1 Å². The average molecular weight is 265 g/mol. The molecule has 0 spiro atoms. The van der Waals surface area contributed by atoms with Gasteiger partial charge >= 0.3 is 0 Å². The molecular formula is C18H35N. The zero-order valence-electron chi connectivity index (χ0n) is 13.5. The molecule has 2 fully saturated rings. The molecule has 0 aromatic heterocycles. The summed E-state index contributed by atoms with van der Waals surface area (Å²) in [5.74, 6) is 3.82. The third kappa shape index (κ3) is 4.21. The molecule has 2 rings (SSSR count). The van der Waals surface area contributed by atoms with Gasteiger partial charge in [0.25, 0.3) is 0 Å². The van der Waals surface area contributed by atoms with Crippen LogP contribution in [0.2, 0.25) is 0 Å². The lowest BCUT2D eigenvalue weighted by Crippen LogP contribution is -2.42. The maximum absolute atomic E-state index is 3.71. The highest BCUT2D eigenvalue weighted by Gasteiger charge is 2.32. The van der Waals surface area contributed by atoms with Gasteiger partial charge in [0.05, 0.1) is 0 Å². The fraction of sp³-hybridized carbons (Fsp3) is 1.00. The standard InChI is InChI=1S/C18H35N/c1-14(2)15-10-12-17(13-11-15)18(19-3)16-8-6-4-5-7-9-16/h14-19H,4-13H2,1-3H3. The van der Waals surface area contributed by atoms with Crippen molar-refractivity contribution in [2.24, 2.45) is 23.7 Å². The van der Waals surface area contributed by atoms with Gasteiger partial charge in [-0.25, -0.2) is 0 Å². The van der Waals surface area contributed by atoms with Crippen LogP contribution < -0.4 is 5.32 Å². The fourth-order valence-electron chi connectivity index (χ4n) is 4.70. The summed E-state index contributed by atoms with van der Waals surface area (Å²) in [5.41, 5.74) is 0. The molecule has 2 aliphatic rings. The van der Waals surface area contributed by atoms with Gasteiger partial charge in [0.1, 0.15) is 0 Å². The lowest BCUT2D eigenvalue weighted by Gasteiger charge is -2.38. The average Bonchev–Trinajstić information content (AvgIpc) is 2.69. The maximum Gasteiger partial charge on any atom is 0.0121 e. The van der Waals surface area contributed by atoms with Crippen LogP contribution in [0.15, 0.2) is 0 Å². The molecule has 0 aliphatic heterocycles. The van der Waals surface area contributed by atoms with Crippen molar-refractivity contribution in [3.8, 4) is 0 Å². The molecule has 0 amide bonds. The molecule has 1 heteroatoms. The summed E-state index contributed by atoms with van der Waals surface area (Å²) in [6.45, 7) is 4.82. The summed E-state index contributed by atoms with van der Waals surface area (Å²) < 4.78 is 0. The molecule has 2 aliphatic carbocycles. The molecule has 19 heavy (non-hydrogen) atoms. The van der Waals surface area contributed by atoms with Crippen molar-refractivity contribution in [2.45, 2.75) is 84.1 Å². The predicted molar refractivity (Wildman–Crippen MR) is 84.3 cm³/mol. The van der Waals surface area contributed by atoms with E-state index in [1.54, 1.807) is 0 Å². The molecule has 1 N–H and O–H groups in total. The van der Waals surface area contributed by atoms with Crippen molar-refractivity contribution in [3.63, 3.8) is 0 Å². The fourth-order valence-corrected chi connectivity index (χ4v) is 4.70. The van der Waals surface area contributed by atoms with E-state index in [1.165, 1.54) is 64.2 Å². The van der Waals surface area contributed by atoms with E-state index in [-0.39, 0.29) is 0 Å². The third-order valence-corrected chi connectivity index (χ3v) is 6.01. The minimum atomic E-state index is 0.811. The van der Waals surface area contributed by atoms with Gasteiger partial charge in [0, 0.05) is 6.04 Å². The minimum absolute atomic E-state index is 0.811. The smallest absolute Gasteiger partial charge is 0.0121 e. The molecular weight excluding hydrogens is 230 g/mol. The first-order valence-electron chi connectivity index (χ1n) is 8.89. The normalized spacial score (nSPS) is 32.2. The molecule has 0 bridgehead atoms. The first-order chi connectivity index (χ1) is 9.22. The number of hydrogen-bond acceptors (Lipinski definition) is 1. The highest BCUT2D eigenvalue weighted by molar-refractivity contribution is 4.87. The highest BCUT2D eigenvalue weighted by Crippen LogP contribution is 2.38. The molecule has 0 aromatic carbocycles. The SMILES string of the molecule is CNC(C1CCCCCC1)C1CCC(C(C)C)CC1. The van der Waals surface area contributed by atoms with Crippen LogP contribution in [0.4, 0.5) is 0 Å². The zero-order valence-corrected chi connectivity index (χ0v) is 13.5. The van der Waals surface area contributed by atoms with E-state index in [2.05, 4.69) is 26.2 Å². The van der Waals surface area contributed by atoms with Crippen molar-refractivity contribution < 1.29 is 0 Å². The van der Waals surface area contributed by atoms with E-state index in [4.69, 9.17) is 0 Å². The van der Waals surface area contributed by atoms with Crippen LogP contribution >= 0.6 is 0 Å². The molecule has 1 atom stereocenters. The summed E-state index contributed by atoms with van der Waals surface area (Å²) in [7, 11) is 2.21. The zero-order chi connectivity index (χ0) is 13.7. The van der Waals surface area contributed by atoms with Crippen LogP contribution in [-0.2, 0) is 0 Å². The van der Waals surface area contributed by atoms with Gasteiger partial charge in [-0.3, -0.25) is 0 Å². The highest BCUT2D eigenvalue weighted by atomic mass is 14.9. The summed E-state index contributed by atoms with van der Waals surface area (Å²) in [5, 5.41) is 3.71. The number of hydrogen-bond donors (Lipinski definition) is 1. The van der Waals surface area contributed by atoms with E-state index < -0.39 is 0 Å². The van der Waals surface area contributed by atoms with Gasteiger partial charge in [0.2, 0.25) is 0 Å². The van der Waals surface area contributed by atoms with Crippen molar-refractivity contribution in [1.82, 2.24) is 5.32 Å². The Morgan fingerprint density at radius 2 is 1.16 bits per heavy atom. The molecule has 1 unspecified atom stereocenters. The molecule has 0 aromatic rings. The Bertz CT molecular complexity index is 232. The third-order valence-electron chi connectivity index (χ3n) is 6.01. The van der Waals surface area contributed by atoms with Crippen LogP contribution in [0.25, 0.3) is 0 Å². The summed E-state index contributed by atoms with van der Waals surface area (Å²) >= 11 is 0. The van der Waals surface area contributed by atoms with Gasteiger partial charge < -0.3 is 5.32 Å². The van der Waals surface area contributed by atoms with Gasteiger partial charge in [-0.05, 0) is 69.2 Å². The van der Waals surface area contributed by atoms with E-state index in [9.17, 15) is 0 Å². The monoisotopic (exact) mass is 265 g/mol. The Hall–Kier alpha value is -0.0400. The molecule has 0 heterocycles. The van der Waals surface area contributed by atoms with E-state index >= 15 is 0 Å². The Balaban J connectivity index is 1.87. The molecule has 0 radical (unpaired) electrons. The van der Waals surface area contributed by atoms with E-state index in [1.807, 2.05) is 0 Å². The Morgan fingerprint density at radius 1 is 0.684 bits per heavy atom. The van der Waals surface area contributed by atoms with Gasteiger partial charge in [-0.1, -0.05) is 39.5 Å². The van der Waals surface area contributed by atoms with Crippen molar-refractivity contribution in [1.29, 1.82) is 0 Å². The quantitative estimate of drug-likeness (QED) is 0.705. The van der Waals surface area contributed by atoms with E-state index in [0.717, 1.165) is 29.7 Å². The predicted octanol–water partition coefficient (Wildman–Crippen LogP) is 5.01. The van der Waals surface area contributed by atoms with Crippen molar-refractivity contribution >= 4 is 0 Å². The second-order valence-corrected chi connectivity index (χ2v) is 7.48.